The third kappa shape index (κ3) is 3.59. The SMILES string of the molecule is CNC(=O)C1(Cc2cc(-c3ccccc3)no2)CCN(S(C)(=O)=O)C1. The zero-order valence-corrected chi connectivity index (χ0v) is 15.0. The van der Waals surface area contributed by atoms with Crippen LogP contribution in [0.25, 0.3) is 11.3 Å². The van der Waals surface area contributed by atoms with Crippen LogP contribution in [0.1, 0.15) is 12.2 Å². The van der Waals surface area contributed by atoms with Crippen LogP contribution in [0.4, 0.5) is 0 Å². The number of nitrogens with zero attached hydrogens (tertiary/aromatic N) is 2. The summed E-state index contributed by atoms with van der Waals surface area (Å²) in [4.78, 5) is 12.5. The van der Waals surface area contributed by atoms with Crippen molar-refractivity contribution in [1.29, 1.82) is 0 Å². The Hall–Kier alpha value is -2.19. The second-order valence-electron chi connectivity index (χ2n) is 6.43. The van der Waals surface area contributed by atoms with Gasteiger partial charge in [-0.25, -0.2) is 12.7 Å². The van der Waals surface area contributed by atoms with Crippen LogP contribution in [0, 0.1) is 5.41 Å². The van der Waals surface area contributed by atoms with Gasteiger partial charge in [0.15, 0.2) is 0 Å². The van der Waals surface area contributed by atoms with Gasteiger partial charge in [-0.3, -0.25) is 4.79 Å². The van der Waals surface area contributed by atoms with Crippen molar-refractivity contribution in [2.24, 2.45) is 5.41 Å². The van der Waals surface area contributed by atoms with E-state index in [-0.39, 0.29) is 12.5 Å². The van der Waals surface area contributed by atoms with E-state index in [4.69, 9.17) is 4.52 Å². The molecule has 3 rings (SSSR count). The van der Waals surface area contributed by atoms with Crippen LogP contribution in [0.5, 0.6) is 0 Å². The minimum absolute atomic E-state index is 0.146. The van der Waals surface area contributed by atoms with Gasteiger partial charge < -0.3 is 9.84 Å². The summed E-state index contributed by atoms with van der Waals surface area (Å²) in [6, 6.07) is 11.4. The average molecular weight is 363 g/mol. The molecule has 0 saturated carbocycles. The molecule has 1 amide bonds. The van der Waals surface area contributed by atoms with Crippen molar-refractivity contribution >= 4 is 15.9 Å². The van der Waals surface area contributed by atoms with Gasteiger partial charge in [-0.1, -0.05) is 35.5 Å². The van der Waals surface area contributed by atoms with Gasteiger partial charge in [0.25, 0.3) is 0 Å². The van der Waals surface area contributed by atoms with E-state index in [9.17, 15) is 13.2 Å². The number of aromatic nitrogens is 1. The molecule has 1 saturated heterocycles. The maximum atomic E-state index is 12.5. The van der Waals surface area contributed by atoms with Crippen LogP contribution in [-0.4, -0.2) is 50.2 Å². The van der Waals surface area contributed by atoms with Gasteiger partial charge in [-0.2, -0.15) is 0 Å². The number of rotatable bonds is 5. The first kappa shape index (κ1) is 17.6. The Balaban J connectivity index is 1.85. The summed E-state index contributed by atoms with van der Waals surface area (Å²) in [7, 11) is -1.78. The molecule has 8 heteroatoms. The van der Waals surface area contributed by atoms with Gasteiger partial charge in [0, 0.05) is 38.2 Å². The number of hydrogen-bond donors (Lipinski definition) is 1. The summed E-state index contributed by atoms with van der Waals surface area (Å²) < 4.78 is 30.4. The lowest BCUT2D eigenvalue weighted by Crippen LogP contribution is -2.43. The molecule has 2 aromatic rings. The molecule has 1 aliphatic rings. The highest BCUT2D eigenvalue weighted by molar-refractivity contribution is 7.88. The van der Waals surface area contributed by atoms with E-state index in [1.54, 1.807) is 7.05 Å². The molecular weight excluding hydrogens is 342 g/mol. The quantitative estimate of drug-likeness (QED) is 0.864. The van der Waals surface area contributed by atoms with Gasteiger partial charge in [0.2, 0.25) is 15.9 Å². The summed E-state index contributed by atoms with van der Waals surface area (Å²) in [6.45, 7) is 0.471. The molecule has 25 heavy (non-hydrogen) atoms. The van der Waals surface area contributed by atoms with Crippen molar-refractivity contribution in [3.05, 3.63) is 42.2 Å². The summed E-state index contributed by atoms with van der Waals surface area (Å²) in [5.74, 6) is 0.383. The first-order valence-electron chi connectivity index (χ1n) is 8.02. The maximum absolute atomic E-state index is 12.5. The molecule has 1 N–H and O–H groups in total. The van der Waals surface area contributed by atoms with E-state index in [1.165, 1.54) is 4.31 Å². The van der Waals surface area contributed by atoms with Crippen LogP contribution in [0.2, 0.25) is 0 Å². The van der Waals surface area contributed by atoms with Gasteiger partial charge in [-0.15, -0.1) is 0 Å². The second-order valence-corrected chi connectivity index (χ2v) is 8.41. The van der Waals surface area contributed by atoms with Crippen molar-refractivity contribution in [2.45, 2.75) is 12.8 Å². The van der Waals surface area contributed by atoms with Crippen molar-refractivity contribution in [2.75, 3.05) is 26.4 Å². The molecule has 1 aromatic carbocycles. The number of nitrogens with one attached hydrogen (secondary N) is 1. The minimum atomic E-state index is -3.34. The van der Waals surface area contributed by atoms with Crippen LogP contribution >= 0.6 is 0 Å². The topological polar surface area (TPSA) is 92.5 Å². The van der Waals surface area contributed by atoms with Crippen molar-refractivity contribution < 1.29 is 17.7 Å². The smallest absolute Gasteiger partial charge is 0.227 e. The lowest BCUT2D eigenvalue weighted by molar-refractivity contribution is -0.129. The van der Waals surface area contributed by atoms with E-state index >= 15 is 0 Å². The van der Waals surface area contributed by atoms with Gasteiger partial charge in [-0.05, 0) is 6.42 Å². The van der Waals surface area contributed by atoms with Crippen molar-refractivity contribution in [1.82, 2.24) is 14.8 Å². The first-order valence-corrected chi connectivity index (χ1v) is 9.87. The minimum Gasteiger partial charge on any atom is -0.361 e. The zero-order valence-electron chi connectivity index (χ0n) is 14.2. The number of hydrogen-bond acceptors (Lipinski definition) is 5. The van der Waals surface area contributed by atoms with Crippen LogP contribution in [-0.2, 0) is 21.2 Å². The molecule has 1 atom stereocenters. The Labute approximate surface area is 147 Å². The molecule has 1 aliphatic heterocycles. The zero-order chi connectivity index (χ0) is 18.1. The van der Waals surface area contributed by atoms with E-state index in [2.05, 4.69) is 10.5 Å². The molecule has 2 heterocycles. The standard InChI is InChI=1S/C17H21N3O4S/c1-18-16(21)17(8-9-20(12-17)25(2,22)23)11-14-10-15(19-24-14)13-6-4-3-5-7-13/h3-7,10H,8-9,11-12H2,1-2H3,(H,18,21). The molecular formula is C17H21N3O4S. The predicted octanol–water partition coefficient (Wildman–Crippen LogP) is 1.28. The summed E-state index contributed by atoms with van der Waals surface area (Å²) >= 11 is 0. The fraction of sp³-hybridized carbons (Fsp3) is 0.412. The monoisotopic (exact) mass is 363 g/mol. The van der Waals surface area contributed by atoms with E-state index < -0.39 is 15.4 Å². The fourth-order valence-corrected chi connectivity index (χ4v) is 4.17. The summed E-state index contributed by atoms with van der Waals surface area (Å²) in [5, 5.41) is 6.73. The highest BCUT2D eigenvalue weighted by atomic mass is 32.2. The Bertz CT molecular complexity index is 863. The van der Waals surface area contributed by atoms with E-state index in [0.717, 1.165) is 11.8 Å². The van der Waals surface area contributed by atoms with Crippen LogP contribution in [0.15, 0.2) is 40.9 Å². The first-order chi connectivity index (χ1) is 11.8. The molecule has 134 valence electrons. The third-order valence-corrected chi connectivity index (χ3v) is 5.89. The molecule has 0 radical (unpaired) electrons. The molecule has 1 aromatic heterocycles. The molecule has 0 spiro atoms. The second kappa shape index (κ2) is 6.61. The van der Waals surface area contributed by atoms with Gasteiger partial charge >= 0.3 is 0 Å². The Morgan fingerprint density at radius 2 is 2.08 bits per heavy atom. The Morgan fingerprint density at radius 1 is 1.36 bits per heavy atom. The number of carbonyl (C=O) groups excluding carboxylic acids is 1. The van der Waals surface area contributed by atoms with Crippen molar-refractivity contribution in [3.63, 3.8) is 0 Å². The highest BCUT2D eigenvalue weighted by Crippen LogP contribution is 2.36. The number of carbonyl (C=O) groups is 1. The molecule has 7 nitrogen and oxygen atoms in total. The number of benzene rings is 1. The molecule has 0 bridgehead atoms. The predicted molar refractivity (Wildman–Crippen MR) is 93.2 cm³/mol. The molecule has 1 unspecified atom stereocenters. The normalized spacial score (nSPS) is 21.4. The fourth-order valence-electron chi connectivity index (χ4n) is 3.27. The number of sulfonamides is 1. The van der Waals surface area contributed by atoms with E-state index in [1.807, 2.05) is 36.4 Å². The lowest BCUT2D eigenvalue weighted by Gasteiger charge is -2.25. The van der Waals surface area contributed by atoms with Gasteiger partial charge in [0.05, 0.1) is 11.7 Å². The number of amides is 1. The third-order valence-electron chi connectivity index (χ3n) is 4.64. The largest absolute Gasteiger partial charge is 0.361 e. The summed E-state index contributed by atoms with van der Waals surface area (Å²) in [6.07, 6.45) is 1.91. The Morgan fingerprint density at radius 3 is 2.68 bits per heavy atom. The van der Waals surface area contributed by atoms with E-state index in [0.29, 0.717) is 30.8 Å². The van der Waals surface area contributed by atoms with Crippen molar-refractivity contribution in [3.8, 4) is 11.3 Å². The maximum Gasteiger partial charge on any atom is 0.227 e. The average Bonchev–Trinajstić information content (AvgIpc) is 3.23. The van der Waals surface area contributed by atoms with Crippen LogP contribution < -0.4 is 5.32 Å². The summed E-state index contributed by atoms with van der Waals surface area (Å²) in [5.41, 5.74) is 0.780. The Kier molecular flexibility index (Phi) is 4.66. The van der Waals surface area contributed by atoms with Gasteiger partial charge in [0.1, 0.15) is 11.5 Å². The molecule has 0 aliphatic carbocycles. The molecule has 1 fully saturated rings. The lowest BCUT2D eigenvalue weighted by atomic mass is 9.81. The van der Waals surface area contributed by atoms with Crippen LogP contribution in [0.3, 0.4) is 0 Å². The highest BCUT2D eigenvalue weighted by Gasteiger charge is 2.47.